The number of nitrogens with one attached hydrogen (secondary N) is 1. The van der Waals surface area contributed by atoms with Crippen molar-refractivity contribution >= 4 is 22.7 Å². The number of Topliss-reactive ketones (excluding diaryl/α,β-unsaturated/α-hetero) is 1. The first-order valence-corrected chi connectivity index (χ1v) is 10.9. The number of ketones is 1. The molecule has 5 rings (SSSR count). The van der Waals surface area contributed by atoms with Gasteiger partial charge in [-0.1, -0.05) is 19.1 Å². The lowest BCUT2D eigenvalue weighted by Gasteiger charge is -2.30. The molecule has 36 heavy (non-hydrogen) atoms. The number of amides is 1. The second-order valence-electron chi connectivity index (χ2n) is 8.62. The number of rotatable bonds is 5. The Kier molecular flexibility index (Phi) is 5.16. The second-order valence-corrected chi connectivity index (χ2v) is 8.62. The lowest BCUT2D eigenvalue weighted by molar-refractivity contribution is -0.0241. The van der Waals surface area contributed by atoms with E-state index in [2.05, 4.69) is 15.6 Å². The fourth-order valence-electron chi connectivity index (χ4n) is 4.11. The fraction of sp³-hybridized carbons (Fsp3) is 0.208. The van der Waals surface area contributed by atoms with Gasteiger partial charge in [-0.25, -0.2) is 9.48 Å². The molecule has 4 aromatic rings. The maximum absolute atomic E-state index is 13.6. The molecule has 184 valence electrons. The maximum Gasteiger partial charge on any atom is 0.336 e. The number of phenols is 3. The average molecular weight is 492 g/mol. The van der Waals surface area contributed by atoms with Crippen molar-refractivity contribution in [3.63, 3.8) is 0 Å². The van der Waals surface area contributed by atoms with E-state index < -0.39 is 34.5 Å². The van der Waals surface area contributed by atoms with Gasteiger partial charge in [0, 0.05) is 29.0 Å². The highest BCUT2D eigenvalue weighted by molar-refractivity contribution is 6.08. The zero-order chi connectivity index (χ0) is 25.8. The molecule has 0 radical (unpaired) electrons. The van der Waals surface area contributed by atoms with Gasteiger partial charge in [0.15, 0.2) is 17.2 Å². The Morgan fingerprint density at radius 2 is 1.83 bits per heavy atom. The van der Waals surface area contributed by atoms with E-state index in [0.717, 1.165) is 12.1 Å². The summed E-state index contributed by atoms with van der Waals surface area (Å²) in [6.45, 7) is 3.48. The molecule has 2 aromatic carbocycles. The van der Waals surface area contributed by atoms with Gasteiger partial charge >= 0.3 is 5.63 Å². The summed E-state index contributed by atoms with van der Waals surface area (Å²) in [6, 6.07) is 7.93. The monoisotopic (exact) mass is 492 g/mol. The zero-order valence-electron chi connectivity index (χ0n) is 19.1. The summed E-state index contributed by atoms with van der Waals surface area (Å²) in [4.78, 5) is 37.6. The highest BCUT2D eigenvalue weighted by Gasteiger charge is 2.53. The molecule has 1 unspecified atom stereocenters. The number of carbonyl (C=O) groups excluding carboxylic acids is 2. The summed E-state index contributed by atoms with van der Waals surface area (Å²) in [5.41, 5.74) is -1.27. The molecule has 2 aromatic heterocycles. The highest BCUT2D eigenvalue weighted by atomic mass is 16.5. The lowest BCUT2D eigenvalue weighted by atomic mass is 9.92. The second kappa shape index (κ2) is 8.12. The SMILES string of the molecule is CC(C)C1(n2cc(CNC(=O)c3cc(O)c(O)c(O)c3)nn2)Oc2cc3oc(=O)ccc3cc2C1=O. The van der Waals surface area contributed by atoms with Crippen LogP contribution in [0, 0.1) is 5.92 Å². The molecule has 1 aliphatic rings. The first-order chi connectivity index (χ1) is 17.1. The van der Waals surface area contributed by atoms with E-state index in [1.165, 1.54) is 23.0 Å². The Bertz CT molecular complexity index is 1580. The molecule has 0 spiro atoms. The van der Waals surface area contributed by atoms with Crippen molar-refractivity contribution in [2.45, 2.75) is 26.1 Å². The summed E-state index contributed by atoms with van der Waals surface area (Å²) in [5, 5.41) is 39.9. The molecule has 4 N–H and O–H groups in total. The van der Waals surface area contributed by atoms with Crippen LogP contribution in [0.2, 0.25) is 0 Å². The number of benzene rings is 2. The number of fused-ring (bicyclic) bond motifs is 2. The predicted octanol–water partition coefficient (Wildman–Crippen LogP) is 2.02. The van der Waals surface area contributed by atoms with Crippen LogP contribution in [0.1, 0.15) is 40.3 Å². The van der Waals surface area contributed by atoms with Crippen LogP contribution >= 0.6 is 0 Å². The molecule has 0 saturated carbocycles. The van der Waals surface area contributed by atoms with Crippen molar-refractivity contribution in [2.24, 2.45) is 5.92 Å². The third kappa shape index (κ3) is 3.50. The summed E-state index contributed by atoms with van der Waals surface area (Å²) in [6.07, 6.45) is 1.47. The van der Waals surface area contributed by atoms with E-state index in [1.807, 2.05) is 0 Å². The highest BCUT2D eigenvalue weighted by Crippen LogP contribution is 2.43. The van der Waals surface area contributed by atoms with Crippen molar-refractivity contribution < 1.29 is 34.1 Å². The average Bonchev–Trinajstić information content (AvgIpc) is 3.42. The van der Waals surface area contributed by atoms with Crippen LogP contribution in [0.4, 0.5) is 0 Å². The lowest BCUT2D eigenvalue weighted by Crippen LogP contribution is -2.48. The molecule has 0 fully saturated rings. The molecule has 12 heteroatoms. The summed E-state index contributed by atoms with van der Waals surface area (Å²) in [7, 11) is 0. The first kappa shape index (κ1) is 22.9. The number of carbonyl (C=O) groups is 2. The van der Waals surface area contributed by atoms with Gasteiger partial charge in [-0.05, 0) is 24.3 Å². The third-order valence-electron chi connectivity index (χ3n) is 5.98. The number of hydrogen-bond donors (Lipinski definition) is 4. The van der Waals surface area contributed by atoms with Crippen molar-refractivity contribution in [1.29, 1.82) is 0 Å². The Hall–Kier alpha value is -4.87. The van der Waals surface area contributed by atoms with Crippen LogP contribution in [0.25, 0.3) is 11.0 Å². The van der Waals surface area contributed by atoms with Gasteiger partial charge < -0.3 is 29.8 Å². The van der Waals surface area contributed by atoms with Crippen molar-refractivity contribution in [1.82, 2.24) is 20.3 Å². The van der Waals surface area contributed by atoms with E-state index in [-0.39, 0.29) is 35.1 Å². The number of aromatic nitrogens is 3. The molecular formula is C24H20N4O8. The van der Waals surface area contributed by atoms with Gasteiger partial charge in [0.25, 0.3) is 11.6 Å². The summed E-state index contributed by atoms with van der Waals surface area (Å²) >= 11 is 0. The van der Waals surface area contributed by atoms with Crippen molar-refractivity contribution in [3.05, 3.63) is 69.8 Å². The van der Waals surface area contributed by atoms with Crippen LogP contribution in [0.5, 0.6) is 23.0 Å². The number of phenolic OH excluding ortho intramolecular Hbond substituents is 3. The Morgan fingerprint density at radius 3 is 2.53 bits per heavy atom. The Labute approximate surface area is 202 Å². The minimum absolute atomic E-state index is 0.0858. The molecule has 1 atom stereocenters. The number of nitrogens with zero attached hydrogens (tertiary/aromatic N) is 3. The van der Waals surface area contributed by atoms with Gasteiger partial charge in [-0.3, -0.25) is 9.59 Å². The van der Waals surface area contributed by atoms with E-state index in [9.17, 15) is 29.7 Å². The zero-order valence-corrected chi connectivity index (χ0v) is 19.1. The van der Waals surface area contributed by atoms with Gasteiger partial charge in [0.2, 0.25) is 5.78 Å². The molecular weight excluding hydrogens is 472 g/mol. The van der Waals surface area contributed by atoms with Crippen LogP contribution in [-0.2, 0) is 12.3 Å². The van der Waals surface area contributed by atoms with E-state index in [0.29, 0.717) is 16.6 Å². The Morgan fingerprint density at radius 1 is 1.11 bits per heavy atom. The van der Waals surface area contributed by atoms with Gasteiger partial charge in [0.1, 0.15) is 17.0 Å². The summed E-state index contributed by atoms with van der Waals surface area (Å²) in [5.74, 6) is -3.17. The topological polar surface area (TPSA) is 177 Å². The van der Waals surface area contributed by atoms with E-state index in [1.54, 1.807) is 26.0 Å². The van der Waals surface area contributed by atoms with E-state index >= 15 is 0 Å². The predicted molar refractivity (Wildman–Crippen MR) is 123 cm³/mol. The van der Waals surface area contributed by atoms with Crippen molar-refractivity contribution in [3.8, 4) is 23.0 Å². The molecule has 0 saturated heterocycles. The first-order valence-electron chi connectivity index (χ1n) is 10.9. The van der Waals surface area contributed by atoms with E-state index in [4.69, 9.17) is 9.15 Å². The maximum atomic E-state index is 13.6. The minimum atomic E-state index is -1.55. The molecule has 0 bridgehead atoms. The standard InChI is InChI=1S/C24H20N4O8/c1-11(2)24(22(33)15-5-12-3-4-20(31)35-18(12)8-19(15)36-24)28-10-14(26-27-28)9-25-23(34)13-6-16(29)21(32)17(30)7-13/h3-8,10-11,29-30,32H,9H2,1-2H3,(H,25,34). The fourth-order valence-corrected chi connectivity index (χ4v) is 4.11. The number of aromatic hydroxyl groups is 3. The molecule has 1 aliphatic heterocycles. The molecule has 12 nitrogen and oxygen atoms in total. The Balaban J connectivity index is 1.41. The smallest absolute Gasteiger partial charge is 0.336 e. The van der Waals surface area contributed by atoms with Crippen LogP contribution in [-0.4, -0.2) is 42.0 Å². The van der Waals surface area contributed by atoms with Gasteiger partial charge in [-0.2, -0.15) is 0 Å². The summed E-state index contributed by atoms with van der Waals surface area (Å²) < 4.78 is 12.6. The molecule has 1 amide bonds. The van der Waals surface area contributed by atoms with Crippen molar-refractivity contribution in [2.75, 3.05) is 0 Å². The molecule has 3 heterocycles. The van der Waals surface area contributed by atoms with Gasteiger partial charge in [-0.15, -0.1) is 5.10 Å². The molecule has 0 aliphatic carbocycles. The number of hydrogen-bond acceptors (Lipinski definition) is 10. The van der Waals surface area contributed by atoms with Crippen LogP contribution in [0.15, 0.2) is 51.8 Å². The quantitative estimate of drug-likeness (QED) is 0.238. The largest absolute Gasteiger partial charge is 0.504 e. The third-order valence-corrected chi connectivity index (χ3v) is 5.98. The van der Waals surface area contributed by atoms with Crippen LogP contribution in [0.3, 0.4) is 0 Å². The minimum Gasteiger partial charge on any atom is -0.504 e. The van der Waals surface area contributed by atoms with Crippen LogP contribution < -0.4 is 15.7 Å². The normalized spacial score (nSPS) is 16.8. The number of ether oxygens (including phenoxy) is 1. The van der Waals surface area contributed by atoms with Gasteiger partial charge in [0.05, 0.1) is 18.3 Å².